The quantitative estimate of drug-likeness (QED) is 0.182. The molecule has 0 radical (unpaired) electrons. The van der Waals surface area contributed by atoms with Crippen molar-refractivity contribution in [2.24, 2.45) is 10.7 Å². The van der Waals surface area contributed by atoms with Gasteiger partial charge in [0, 0.05) is 23.7 Å². The number of hydrogen-bond acceptors (Lipinski definition) is 12. The number of benzene rings is 1. The van der Waals surface area contributed by atoms with Crippen molar-refractivity contribution >= 4 is 29.9 Å². The number of thiophene rings is 1. The number of nitro groups is 1. The number of nitrogens with one attached hydrogen (secondary N) is 1. The van der Waals surface area contributed by atoms with Gasteiger partial charge >= 0.3 is 12.7 Å². The summed E-state index contributed by atoms with van der Waals surface area (Å²) in [5, 5.41) is 34.7. The van der Waals surface area contributed by atoms with Crippen molar-refractivity contribution in [2.45, 2.75) is 37.7 Å². The van der Waals surface area contributed by atoms with E-state index in [-0.39, 0.29) is 29.8 Å². The van der Waals surface area contributed by atoms with Crippen LogP contribution < -0.4 is 10.8 Å². The molecule has 0 amide bonds. The third-order valence-corrected chi connectivity index (χ3v) is 8.02. The standard InChI is InChI=1S/C22H26N5O8PS/c1-14-25-18(23)9-10-26(14)22-21(29)20(28)17(35-22)13-34-36(32,24-11-15-5-3-2-4-6-15)33-12-16-7-8-19(37-16)27(30)31/h2-10,17,20-22,28-29H,1,11-13H2,(H2,23,25)(H,24,32)/t17-,20?,21-,22-,36?/m1/s1. The van der Waals surface area contributed by atoms with Crippen LogP contribution in [-0.4, -0.2) is 57.0 Å². The first-order chi connectivity index (χ1) is 17.6. The van der Waals surface area contributed by atoms with E-state index in [0.717, 1.165) is 16.9 Å². The van der Waals surface area contributed by atoms with Crippen LogP contribution in [0.4, 0.5) is 5.00 Å². The summed E-state index contributed by atoms with van der Waals surface area (Å²) in [4.78, 5) is 16.3. The Hall–Kier alpha value is -2.94. The van der Waals surface area contributed by atoms with E-state index >= 15 is 0 Å². The maximum Gasteiger partial charge on any atom is 0.406 e. The van der Waals surface area contributed by atoms with Crippen LogP contribution in [0.5, 0.6) is 0 Å². The molecule has 0 bridgehead atoms. The van der Waals surface area contributed by atoms with E-state index in [2.05, 4.69) is 16.7 Å². The van der Waals surface area contributed by atoms with Crippen LogP contribution >= 0.6 is 19.1 Å². The van der Waals surface area contributed by atoms with E-state index < -0.39 is 43.8 Å². The Balaban J connectivity index is 1.42. The highest BCUT2D eigenvalue weighted by molar-refractivity contribution is 7.51. The number of aliphatic imine (C=N–C) groups is 1. The van der Waals surface area contributed by atoms with E-state index in [4.69, 9.17) is 19.5 Å². The lowest BCUT2D eigenvalue weighted by molar-refractivity contribution is -0.380. The fourth-order valence-electron chi connectivity index (χ4n) is 3.59. The Morgan fingerprint density at radius 2 is 2.00 bits per heavy atom. The molecule has 1 aromatic carbocycles. The smallest absolute Gasteiger partial charge is 0.387 e. The molecule has 5 N–H and O–H groups in total. The first-order valence-corrected chi connectivity index (χ1v) is 13.4. The van der Waals surface area contributed by atoms with Gasteiger partial charge in [0.05, 0.1) is 18.1 Å². The molecule has 15 heteroatoms. The average molecular weight is 552 g/mol. The Morgan fingerprint density at radius 3 is 2.68 bits per heavy atom. The fourth-order valence-corrected chi connectivity index (χ4v) is 5.70. The van der Waals surface area contributed by atoms with E-state index in [1.807, 2.05) is 30.3 Å². The second kappa shape index (κ2) is 11.6. The van der Waals surface area contributed by atoms with Crippen LogP contribution in [-0.2, 0) is 31.5 Å². The Morgan fingerprint density at radius 1 is 1.24 bits per heavy atom. The number of aliphatic hydroxyl groups is 2. The van der Waals surface area contributed by atoms with Crippen molar-refractivity contribution < 1.29 is 33.5 Å². The van der Waals surface area contributed by atoms with E-state index in [1.54, 1.807) is 0 Å². The van der Waals surface area contributed by atoms with Crippen LogP contribution in [0.15, 0.2) is 72.1 Å². The molecule has 0 aliphatic carbocycles. The summed E-state index contributed by atoms with van der Waals surface area (Å²) in [7, 11) is -4.01. The molecule has 2 unspecified atom stereocenters. The van der Waals surface area contributed by atoms with Gasteiger partial charge in [0.25, 0.3) is 0 Å². The van der Waals surface area contributed by atoms with E-state index in [0.29, 0.717) is 4.88 Å². The van der Waals surface area contributed by atoms with Crippen LogP contribution in [0.1, 0.15) is 10.4 Å². The Labute approximate surface area is 216 Å². The normalized spacial score (nSPS) is 25.2. The van der Waals surface area contributed by atoms with Crippen molar-refractivity contribution in [1.82, 2.24) is 9.99 Å². The average Bonchev–Trinajstić information content (AvgIpc) is 3.47. The summed E-state index contributed by atoms with van der Waals surface area (Å²) in [6.45, 7) is 3.30. The lowest BCUT2D eigenvalue weighted by Gasteiger charge is -2.30. The highest BCUT2D eigenvalue weighted by Crippen LogP contribution is 2.46. The number of rotatable bonds is 11. The van der Waals surface area contributed by atoms with Gasteiger partial charge in [-0.25, -0.2) is 14.6 Å². The van der Waals surface area contributed by atoms with Gasteiger partial charge in [-0.3, -0.25) is 19.2 Å². The first kappa shape index (κ1) is 27.1. The van der Waals surface area contributed by atoms with Crippen molar-refractivity contribution in [2.75, 3.05) is 6.61 Å². The second-order valence-corrected chi connectivity index (χ2v) is 11.1. The summed E-state index contributed by atoms with van der Waals surface area (Å²) in [6.07, 6.45) is -1.82. The minimum absolute atomic E-state index is 0.0754. The number of ether oxygens (including phenoxy) is 1. The zero-order chi connectivity index (χ0) is 26.6. The molecule has 2 aliphatic rings. The van der Waals surface area contributed by atoms with Crippen LogP contribution in [0, 0.1) is 10.1 Å². The predicted octanol–water partition coefficient (Wildman–Crippen LogP) is 2.19. The lowest BCUT2D eigenvalue weighted by atomic mass is 10.1. The van der Waals surface area contributed by atoms with Gasteiger partial charge in [0.2, 0.25) is 0 Å². The molecule has 1 fully saturated rings. The lowest BCUT2D eigenvalue weighted by Crippen LogP contribution is -2.42. The maximum atomic E-state index is 13.6. The Kier molecular flexibility index (Phi) is 8.52. The molecule has 0 spiro atoms. The molecule has 37 heavy (non-hydrogen) atoms. The van der Waals surface area contributed by atoms with E-state index in [9.17, 15) is 24.9 Å². The minimum atomic E-state index is -4.01. The number of aliphatic hydroxyl groups excluding tert-OH is 2. The molecule has 198 valence electrons. The largest absolute Gasteiger partial charge is 0.406 e. The van der Waals surface area contributed by atoms with Gasteiger partial charge in [-0.2, -0.15) is 0 Å². The summed E-state index contributed by atoms with van der Waals surface area (Å²) in [6, 6.07) is 11.9. The van der Waals surface area contributed by atoms with Crippen LogP contribution in [0.25, 0.3) is 0 Å². The number of hydrogen-bond donors (Lipinski definition) is 4. The third kappa shape index (κ3) is 6.69. The molecular weight excluding hydrogens is 525 g/mol. The van der Waals surface area contributed by atoms with Gasteiger partial charge in [0.15, 0.2) is 6.23 Å². The summed E-state index contributed by atoms with van der Waals surface area (Å²) < 4.78 is 30.5. The van der Waals surface area contributed by atoms with Crippen molar-refractivity contribution in [3.63, 3.8) is 0 Å². The first-order valence-electron chi connectivity index (χ1n) is 11.1. The van der Waals surface area contributed by atoms with Crippen molar-refractivity contribution in [3.8, 4) is 0 Å². The van der Waals surface area contributed by atoms with Crippen LogP contribution in [0.3, 0.4) is 0 Å². The third-order valence-electron chi connectivity index (χ3n) is 5.51. The van der Waals surface area contributed by atoms with Gasteiger partial charge in [-0.15, -0.1) is 0 Å². The monoisotopic (exact) mass is 551 g/mol. The second-order valence-electron chi connectivity index (χ2n) is 8.11. The maximum absolute atomic E-state index is 13.6. The molecular formula is C22H26N5O8PS. The summed E-state index contributed by atoms with van der Waals surface area (Å²) in [5.74, 6) is 0.439. The zero-order valence-electron chi connectivity index (χ0n) is 19.5. The zero-order valence-corrected chi connectivity index (χ0v) is 21.2. The van der Waals surface area contributed by atoms with Gasteiger partial charge < -0.3 is 25.6 Å². The predicted molar refractivity (Wildman–Crippen MR) is 135 cm³/mol. The minimum Gasteiger partial charge on any atom is -0.387 e. The SMILES string of the molecule is C=C1N=C(N)C=CN1[C@@H]1O[C@H](COP(=O)(NCc2ccccc2)OCc2ccc([N+](=O)[O-])s2)C(O)[C@H]1O. The van der Waals surface area contributed by atoms with E-state index in [1.165, 1.54) is 29.3 Å². The molecule has 0 saturated carbocycles. The summed E-state index contributed by atoms with van der Waals surface area (Å²) >= 11 is 0.891. The highest BCUT2D eigenvalue weighted by atomic mass is 32.1. The number of amidine groups is 1. The van der Waals surface area contributed by atoms with Gasteiger partial charge in [0.1, 0.15) is 30.0 Å². The molecule has 13 nitrogen and oxygen atoms in total. The summed E-state index contributed by atoms with van der Waals surface area (Å²) in [5.41, 5.74) is 6.46. The fraction of sp³-hybridized carbons (Fsp3) is 0.318. The van der Waals surface area contributed by atoms with Gasteiger partial charge in [-0.1, -0.05) is 48.2 Å². The molecule has 2 aliphatic heterocycles. The highest BCUT2D eigenvalue weighted by Gasteiger charge is 2.47. The molecule has 5 atom stereocenters. The number of nitrogens with two attached hydrogens (primary N) is 1. The molecule has 4 rings (SSSR count). The van der Waals surface area contributed by atoms with Crippen molar-refractivity contribution in [1.29, 1.82) is 0 Å². The number of nitrogens with zero attached hydrogens (tertiary/aromatic N) is 3. The molecule has 1 aromatic heterocycles. The Bertz CT molecular complexity index is 1240. The topological polar surface area (TPSA) is 182 Å². The van der Waals surface area contributed by atoms with Gasteiger partial charge in [-0.05, 0) is 17.7 Å². The van der Waals surface area contributed by atoms with Crippen LogP contribution in [0.2, 0.25) is 0 Å². The molecule has 1 saturated heterocycles. The van der Waals surface area contributed by atoms with Crippen molar-refractivity contribution in [3.05, 3.63) is 87.7 Å². The molecule has 3 heterocycles. The molecule has 2 aromatic rings.